The molecule has 2 heterocycles. The van der Waals surface area contributed by atoms with E-state index in [1.54, 1.807) is 0 Å². The molecular weight excluding hydrogens is 197 g/mol. The molecule has 0 aliphatic carbocycles. The first-order chi connectivity index (χ1) is 7.29. The van der Waals surface area contributed by atoms with Gasteiger partial charge in [-0.2, -0.15) is 4.39 Å². The van der Waals surface area contributed by atoms with Crippen molar-refractivity contribution in [1.29, 1.82) is 0 Å². The summed E-state index contributed by atoms with van der Waals surface area (Å²) in [6.07, 6.45) is 3.08. The Balaban J connectivity index is 2.01. The quantitative estimate of drug-likeness (QED) is 0.752. The van der Waals surface area contributed by atoms with Crippen molar-refractivity contribution in [3.8, 4) is 0 Å². The van der Waals surface area contributed by atoms with E-state index in [1.165, 1.54) is 12.4 Å². The first-order valence-corrected chi connectivity index (χ1v) is 5.13. The zero-order valence-electron chi connectivity index (χ0n) is 8.43. The highest BCUT2D eigenvalue weighted by molar-refractivity contribution is 5.38. The molecule has 1 atom stereocenters. The number of hydrogen-bond donors (Lipinski definition) is 1. The largest absolute Gasteiger partial charge is 0.396 e. The molecule has 1 N–H and O–H groups in total. The molecule has 0 saturated carbocycles. The summed E-state index contributed by atoms with van der Waals surface area (Å²) in [5.41, 5.74) is 0. The number of hydrogen-bond acceptors (Lipinski definition) is 4. The van der Waals surface area contributed by atoms with E-state index in [9.17, 15) is 4.39 Å². The zero-order valence-corrected chi connectivity index (χ0v) is 8.43. The van der Waals surface area contributed by atoms with Crippen LogP contribution in [0.3, 0.4) is 0 Å². The standard InChI is InChI=1S/C10H14FN3O/c11-9-5-10(13-7-12-9)14-3-1-8(6-14)2-4-15/h5,7-8,15H,1-4,6H2. The van der Waals surface area contributed by atoms with Gasteiger partial charge >= 0.3 is 0 Å². The highest BCUT2D eigenvalue weighted by atomic mass is 19.1. The van der Waals surface area contributed by atoms with Gasteiger partial charge in [0, 0.05) is 25.8 Å². The van der Waals surface area contributed by atoms with Crippen LogP contribution in [0.4, 0.5) is 10.2 Å². The van der Waals surface area contributed by atoms with Crippen LogP contribution in [0.25, 0.3) is 0 Å². The molecule has 1 aromatic rings. The third-order valence-corrected chi connectivity index (χ3v) is 2.77. The summed E-state index contributed by atoms with van der Waals surface area (Å²) >= 11 is 0. The Hall–Kier alpha value is -1.23. The molecule has 2 rings (SSSR count). The average Bonchev–Trinajstić information content (AvgIpc) is 2.67. The third-order valence-electron chi connectivity index (χ3n) is 2.77. The lowest BCUT2D eigenvalue weighted by molar-refractivity contribution is 0.263. The first kappa shape index (κ1) is 10.3. The summed E-state index contributed by atoms with van der Waals surface area (Å²) in [6.45, 7) is 1.94. The van der Waals surface area contributed by atoms with Gasteiger partial charge in [-0.1, -0.05) is 0 Å². The smallest absolute Gasteiger partial charge is 0.218 e. The summed E-state index contributed by atoms with van der Waals surface area (Å²) in [7, 11) is 0. The van der Waals surface area contributed by atoms with E-state index in [0.717, 1.165) is 25.9 Å². The Bertz CT molecular complexity index is 334. The van der Waals surface area contributed by atoms with Crippen molar-refractivity contribution in [1.82, 2.24) is 9.97 Å². The minimum Gasteiger partial charge on any atom is -0.396 e. The van der Waals surface area contributed by atoms with Gasteiger partial charge in [-0.15, -0.1) is 0 Å². The number of aliphatic hydroxyl groups excluding tert-OH is 1. The van der Waals surface area contributed by atoms with Crippen LogP contribution in [0, 0.1) is 11.9 Å². The third kappa shape index (κ3) is 2.41. The van der Waals surface area contributed by atoms with Crippen LogP contribution < -0.4 is 4.90 Å². The van der Waals surface area contributed by atoms with Crippen LogP contribution in [0.15, 0.2) is 12.4 Å². The summed E-state index contributed by atoms with van der Waals surface area (Å²) < 4.78 is 12.8. The second-order valence-corrected chi connectivity index (χ2v) is 3.81. The number of anilines is 1. The van der Waals surface area contributed by atoms with Gasteiger partial charge < -0.3 is 10.0 Å². The van der Waals surface area contributed by atoms with E-state index in [0.29, 0.717) is 11.7 Å². The van der Waals surface area contributed by atoms with E-state index in [2.05, 4.69) is 9.97 Å². The van der Waals surface area contributed by atoms with Crippen molar-refractivity contribution >= 4 is 5.82 Å². The minimum atomic E-state index is -0.495. The van der Waals surface area contributed by atoms with Crippen LogP contribution in [-0.4, -0.2) is 34.8 Å². The van der Waals surface area contributed by atoms with Crippen molar-refractivity contribution in [3.63, 3.8) is 0 Å². The van der Waals surface area contributed by atoms with Gasteiger partial charge in [-0.3, -0.25) is 0 Å². The number of aromatic nitrogens is 2. The minimum absolute atomic E-state index is 0.219. The second kappa shape index (κ2) is 4.53. The van der Waals surface area contributed by atoms with Crippen LogP contribution in [0.5, 0.6) is 0 Å². The van der Waals surface area contributed by atoms with Gasteiger partial charge in [0.05, 0.1) is 0 Å². The molecule has 1 aromatic heterocycles. The average molecular weight is 211 g/mol. The van der Waals surface area contributed by atoms with Gasteiger partial charge in [0.15, 0.2) is 0 Å². The lowest BCUT2D eigenvalue weighted by Gasteiger charge is -2.16. The number of aliphatic hydroxyl groups is 1. The Morgan fingerprint density at radius 3 is 3.13 bits per heavy atom. The molecule has 1 saturated heterocycles. The van der Waals surface area contributed by atoms with Crippen LogP contribution in [-0.2, 0) is 0 Å². The van der Waals surface area contributed by atoms with E-state index in [-0.39, 0.29) is 6.61 Å². The SMILES string of the molecule is OCCC1CCN(c2cc(F)ncn2)C1. The van der Waals surface area contributed by atoms with E-state index < -0.39 is 5.95 Å². The van der Waals surface area contributed by atoms with Gasteiger partial charge in [0.25, 0.3) is 0 Å². The molecular formula is C10H14FN3O. The van der Waals surface area contributed by atoms with Gasteiger partial charge in [0.2, 0.25) is 5.95 Å². The van der Waals surface area contributed by atoms with Crippen LogP contribution in [0.2, 0.25) is 0 Å². The zero-order chi connectivity index (χ0) is 10.7. The maximum absolute atomic E-state index is 12.8. The van der Waals surface area contributed by atoms with Gasteiger partial charge in [-0.05, 0) is 18.8 Å². The summed E-state index contributed by atoms with van der Waals surface area (Å²) in [6, 6.07) is 1.35. The molecule has 1 unspecified atom stereocenters. The maximum atomic E-state index is 12.8. The Morgan fingerprint density at radius 1 is 1.53 bits per heavy atom. The van der Waals surface area contributed by atoms with Gasteiger partial charge in [-0.25, -0.2) is 9.97 Å². The predicted molar refractivity (Wildman–Crippen MR) is 54.0 cm³/mol. The molecule has 82 valence electrons. The number of rotatable bonds is 3. The Labute approximate surface area is 87.8 Å². The molecule has 15 heavy (non-hydrogen) atoms. The molecule has 5 heteroatoms. The normalized spacial score (nSPS) is 20.9. The highest BCUT2D eigenvalue weighted by Crippen LogP contribution is 2.23. The van der Waals surface area contributed by atoms with E-state index >= 15 is 0 Å². The molecule has 0 bridgehead atoms. The summed E-state index contributed by atoms with van der Waals surface area (Å²) in [5.74, 6) is 0.640. The predicted octanol–water partition coefficient (Wildman–Crippen LogP) is 0.824. The first-order valence-electron chi connectivity index (χ1n) is 5.13. The lowest BCUT2D eigenvalue weighted by atomic mass is 10.1. The molecule has 1 fully saturated rings. The fourth-order valence-corrected chi connectivity index (χ4v) is 1.96. The highest BCUT2D eigenvalue weighted by Gasteiger charge is 2.23. The number of nitrogens with zero attached hydrogens (tertiary/aromatic N) is 3. The molecule has 0 radical (unpaired) electrons. The molecule has 0 aromatic carbocycles. The fourth-order valence-electron chi connectivity index (χ4n) is 1.96. The Kier molecular flexibility index (Phi) is 3.11. The number of halogens is 1. The monoisotopic (exact) mass is 211 g/mol. The molecule has 4 nitrogen and oxygen atoms in total. The van der Waals surface area contributed by atoms with Crippen molar-refractivity contribution < 1.29 is 9.50 Å². The van der Waals surface area contributed by atoms with Crippen molar-refractivity contribution in [3.05, 3.63) is 18.3 Å². The van der Waals surface area contributed by atoms with E-state index in [4.69, 9.17) is 5.11 Å². The maximum Gasteiger partial charge on any atom is 0.218 e. The van der Waals surface area contributed by atoms with Crippen LogP contribution >= 0.6 is 0 Å². The van der Waals surface area contributed by atoms with Crippen LogP contribution in [0.1, 0.15) is 12.8 Å². The van der Waals surface area contributed by atoms with Crippen molar-refractivity contribution in [2.24, 2.45) is 5.92 Å². The molecule has 1 aliphatic rings. The Morgan fingerprint density at radius 2 is 2.40 bits per heavy atom. The molecule has 0 spiro atoms. The molecule has 1 aliphatic heterocycles. The fraction of sp³-hybridized carbons (Fsp3) is 0.600. The second-order valence-electron chi connectivity index (χ2n) is 3.81. The van der Waals surface area contributed by atoms with Crippen molar-refractivity contribution in [2.75, 3.05) is 24.6 Å². The lowest BCUT2D eigenvalue weighted by Crippen LogP contribution is -2.21. The van der Waals surface area contributed by atoms with Crippen molar-refractivity contribution in [2.45, 2.75) is 12.8 Å². The summed E-state index contributed by atoms with van der Waals surface area (Å²) in [5, 5.41) is 8.82. The van der Waals surface area contributed by atoms with Gasteiger partial charge in [0.1, 0.15) is 12.1 Å². The molecule has 0 amide bonds. The van der Waals surface area contributed by atoms with E-state index in [1.807, 2.05) is 4.90 Å². The topological polar surface area (TPSA) is 49.2 Å². The summed E-state index contributed by atoms with van der Waals surface area (Å²) in [4.78, 5) is 9.48.